The average molecular weight is 232 g/mol. The largest absolute Gasteiger partial charge is 0.299 e. The molecule has 0 N–H and O–H groups in total. The Hall–Kier alpha value is -0.590. The van der Waals surface area contributed by atoms with E-state index >= 15 is 0 Å². The van der Waals surface area contributed by atoms with Crippen LogP contribution in [-0.4, -0.2) is 5.78 Å². The van der Waals surface area contributed by atoms with Gasteiger partial charge in [0.2, 0.25) is 0 Å². The van der Waals surface area contributed by atoms with E-state index in [9.17, 15) is 4.79 Å². The van der Waals surface area contributed by atoms with Gasteiger partial charge in [0.1, 0.15) is 5.78 Å². The van der Waals surface area contributed by atoms with Crippen LogP contribution in [0.2, 0.25) is 0 Å². The van der Waals surface area contributed by atoms with Gasteiger partial charge in [0.05, 0.1) is 0 Å². The minimum absolute atomic E-state index is 0.0762. The summed E-state index contributed by atoms with van der Waals surface area (Å²) < 4.78 is 0. The van der Waals surface area contributed by atoms with Gasteiger partial charge >= 0.3 is 0 Å². The van der Waals surface area contributed by atoms with Gasteiger partial charge in [0.25, 0.3) is 0 Å². The molecule has 3 aliphatic carbocycles. The third-order valence-corrected chi connectivity index (χ3v) is 5.68. The van der Waals surface area contributed by atoms with Crippen LogP contribution in [-0.2, 0) is 4.79 Å². The van der Waals surface area contributed by atoms with E-state index < -0.39 is 0 Å². The number of carbonyl (C=O) groups is 1. The first kappa shape index (κ1) is 11.5. The van der Waals surface area contributed by atoms with Gasteiger partial charge in [-0.05, 0) is 50.4 Å². The molecule has 0 saturated heterocycles. The number of Topliss-reactive ketones (excluding diaryl/α,β-unsaturated/α-hetero) is 1. The molecule has 17 heavy (non-hydrogen) atoms. The van der Waals surface area contributed by atoms with Crippen molar-refractivity contribution in [3.05, 3.63) is 11.6 Å². The van der Waals surface area contributed by atoms with E-state index in [4.69, 9.17) is 0 Å². The highest BCUT2D eigenvalue weighted by atomic mass is 16.1. The Kier molecular flexibility index (Phi) is 2.68. The quantitative estimate of drug-likeness (QED) is 0.574. The van der Waals surface area contributed by atoms with Gasteiger partial charge in [-0.15, -0.1) is 0 Å². The second-order valence-corrected chi connectivity index (χ2v) is 6.92. The average Bonchev–Trinajstić information content (AvgIpc) is 2.93. The van der Waals surface area contributed by atoms with E-state index in [1.807, 2.05) is 0 Å². The fraction of sp³-hybridized carbons (Fsp3) is 0.812. The number of allylic oxidation sites excluding steroid dienone is 2. The van der Waals surface area contributed by atoms with Crippen molar-refractivity contribution in [3.8, 4) is 0 Å². The summed E-state index contributed by atoms with van der Waals surface area (Å²) in [6.07, 6.45) is 11.0. The maximum absolute atomic E-state index is 12.8. The number of hydrogen-bond donors (Lipinski definition) is 0. The number of hydrogen-bond acceptors (Lipinski definition) is 1. The normalized spacial score (nSPS) is 40.2. The first-order valence-electron chi connectivity index (χ1n) is 7.31. The molecular formula is C16H24O. The number of fused-ring (bicyclic) bond motifs is 3. The first-order valence-corrected chi connectivity index (χ1v) is 7.31. The van der Waals surface area contributed by atoms with Crippen LogP contribution >= 0.6 is 0 Å². The molecule has 0 heterocycles. The van der Waals surface area contributed by atoms with Crippen molar-refractivity contribution in [2.24, 2.45) is 23.2 Å². The second-order valence-electron chi connectivity index (χ2n) is 6.92. The maximum Gasteiger partial charge on any atom is 0.142 e. The Labute approximate surface area is 105 Å². The first-order chi connectivity index (χ1) is 8.09. The van der Waals surface area contributed by atoms with Gasteiger partial charge in [0, 0.05) is 11.3 Å². The summed E-state index contributed by atoms with van der Waals surface area (Å²) in [4.78, 5) is 12.8. The van der Waals surface area contributed by atoms with E-state index in [1.165, 1.54) is 38.5 Å². The predicted octanol–water partition coefficient (Wildman–Crippen LogP) is 4.13. The standard InChI is InChI=1S/C16H24O/c1-16(2)13-9-7-11(10-13)6-8-12-4-3-5-14(12)15(16)17/h6,12-14H,3-5,7-10H2,1-2H3/t12-,13+,14+/m1/s1. The zero-order valence-corrected chi connectivity index (χ0v) is 11.2. The van der Waals surface area contributed by atoms with E-state index in [2.05, 4.69) is 19.9 Å². The van der Waals surface area contributed by atoms with Crippen molar-refractivity contribution in [1.29, 1.82) is 0 Å². The molecule has 3 atom stereocenters. The van der Waals surface area contributed by atoms with E-state index in [0.717, 1.165) is 6.42 Å². The van der Waals surface area contributed by atoms with E-state index in [-0.39, 0.29) is 5.41 Å². The van der Waals surface area contributed by atoms with Crippen molar-refractivity contribution in [2.45, 2.75) is 58.8 Å². The Morgan fingerprint density at radius 2 is 2.06 bits per heavy atom. The Bertz CT molecular complexity index is 364. The molecule has 94 valence electrons. The Morgan fingerprint density at radius 3 is 2.88 bits per heavy atom. The molecular weight excluding hydrogens is 208 g/mol. The third-order valence-electron chi connectivity index (χ3n) is 5.68. The molecule has 3 rings (SSSR count). The van der Waals surface area contributed by atoms with Gasteiger partial charge < -0.3 is 0 Å². The number of carbonyl (C=O) groups excluding carboxylic acids is 1. The monoisotopic (exact) mass is 232 g/mol. The summed E-state index contributed by atoms with van der Waals surface area (Å²) in [7, 11) is 0. The topological polar surface area (TPSA) is 17.1 Å². The maximum atomic E-state index is 12.8. The van der Waals surface area contributed by atoms with Gasteiger partial charge in [-0.3, -0.25) is 4.79 Å². The van der Waals surface area contributed by atoms with Crippen LogP contribution in [0.15, 0.2) is 11.6 Å². The molecule has 0 amide bonds. The molecule has 0 radical (unpaired) electrons. The van der Waals surface area contributed by atoms with Crippen molar-refractivity contribution < 1.29 is 4.79 Å². The van der Waals surface area contributed by atoms with Gasteiger partial charge in [-0.25, -0.2) is 0 Å². The highest BCUT2D eigenvalue weighted by Gasteiger charge is 2.46. The van der Waals surface area contributed by atoms with Gasteiger partial charge in [-0.1, -0.05) is 31.9 Å². The lowest BCUT2D eigenvalue weighted by Crippen LogP contribution is -2.37. The van der Waals surface area contributed by atoms with Gasteiger partial charge in [-0.2, -0.15) is 0 Å². The second kappa shape index (κ2) is 3.96. The SMILES string of the molecule is CC1(C)C(=O)[C@H]2CCC[C@@H]2CC=C2CC[C@H]1C2. The molecule has 2 saturated carbocycles. The lowest BCUT2D eigenvalue weighted by atomic mass is 9.69. The molecule has 2 bridgehead atoms. The summed E-state index contributed by atoms with van der Waals surface area (Å²) >= 11 is 0. The number of ketones is 1. The lowest BCUT2D eigenvalue weighted by Gasteiger charge is -2.33. The summed E-state index contributed by atoms with van der Waals surface area (Å²) in [6.45, 7) is 4.42. The fourth-order valence-corrected chi connectivity index (χ4v) is 4.34. The molecule has 0 unspecified atom stereocenters. The van der Waals surface area contributed by atoms with Crippen LogP contribution in [0.25, 0.3) is 0 Å². The molecule has 1 nitrogen and oxygen atoms in total. The van der Waals surface area contributed by atoms with Crippen LogP contribution in [0.3, 0.4) is 0 Å². The molecule has 0 aliphatic heterocycles. The summed E-state index contributed by atoms with van der Waals surface area (Å²) in [6, 6.07) is 0. The molecule has 2 fully saturated rings. The van der Waals surface area contributed by atoms with Crippen LogP contribution in [0, 0.1) is 23.2 Å². The van der Waals surface area contributed by atoms with E-state index in [0.29, 0.717) is 23.5 Å². The highest BCUT2D eigenvalue weighted by Crippen LogP contribution is 2.49. The summed E-state index contributed by atoms with van der Waals surface area (Å²) in [5.41, 5.74) is 1.57. The van der Waals surface area contributed by atoms with Crippen molar-refractivity contribution in [2.75, 3.05) is 0 Å². The summed E-state index contributed by atoms with van der Waals surface area (Å²) in [5.74, 6) is 2.23. The minimum atomic E-state index is -0.0762. The molecule has 0 aromatic rings. The summed E-state index contributed by atoms with van der Waals surface area (Å²) in [5, 5.41) is 0. The van der Waals surface area contributed by atoms with Gasteiger partial charge in [0.15, 0.2) is 0 Å². The predicted molar refractivity (Wildman–Crippen MR) is 69.7 cm³/mol. The van der Waals surface area contributed by atoms with Crippen molar-refractivity contribution in [3.63, 3.8) is 0 Å². The molecule has 0 aromatic carbocycles. The van der Waals surface area contributed by atoms with Crippen molar-refractivity contribution >= 4 is 5.78 Å². The van der Waals surface area contributed by atoms with Crippen LogP contribution < -0.4 is 0 Å². The zero-order chi connectivity index (χ0) is 12.0. The van der Waals surface area contributed by atoms with Crippen LogP contribution in [0.5, 0.6) is 0 Å². The Morgan fingerprint density at radius 1 is 1.24 bits per heavy atom. The molecule has 0 spiro atoms. The molecule has 1 heteroatoms. The minimum Gasteiger partial charge on any atom is -0.299 e. The molecule has 3 aliphatic rings. The lowest BCUT2D eigenvalue weighted by molar-refractivity contribution is -0.135. The fourth-order valence-electron chi connectivity index (χ4n) is 4.34. The smallest absolute Gasteiger partial charge is 0.142 e. The van der Waals surface area contributed by atoms with Crippen molar-refractivity contribution in [1.82, 2.24) is 0 Å². The van der Waals surface area contributed by atoms with Crippen LogP contribution in [0.1, 0.15) is 58.8 Å². The number of rotatable bonds is 0. The third kappa shape index (κ3) is 1.78. The highest BCUT2D eigenvalue weighted by molar-refractivity contribution is 5.87. The van der Waals surface area contributed by atoms with E-state index in [1.54, 1.807) is 5.57 Å². The van der Waals surface area contributed by atoms with Crippen LogP contribution in [0.4, 0.5) is 0 Å². The molecule has 0 aromatic heterocycles. The zero-order valence-electron chi connectivity index (χ0n) is 11.2. The Balaban J connectivity index is 1.97.